The summed E-state index contributed by atoms with van der Waals surface area (Å²) in [6.07, 6.45) is 2.74. The first-order valence-corrected chi connectivity index (χ1v) is 7.15. The minimum absolute atomic E-state index is 0.608. The maximum absolute atomic E-state index is 6.03. The van der Waals surface area contributed by atoms with Crippen molar-refractivity contribution in [3.05, 3.63) is 27.7 Å². The molecule has 0 aromatic heterocycles. The molecule has 1 aliphatic carbocycles. The molecule has 0 aliphatic heterocycles. The zero-order valence-electron chi connectivity index (χ0n) is 9.88. The summed E-state index contributed by atoms with van der Waals surface area (Å²) in [6.45, 7) is 3.75. The predicted molar refractivity (Wildman–Crippen MR) is 74.8 cm³/mol. The molecule has 0 spiro atoms. The molecular formula is C13H17BrClNO. The van der Waals surface area contributed by atoms with Gasteiger partial charge in [0.05, 0.1) is 5.02 Å². The number of rotatable bonds is 6. The van der Waals surface area contributed by atoms with Crippen LogP contribution < -0.4 is 10.1 Å². The molecule has 1 saturated carbocycles. The van der Waals surface area contributed by atoms with Gasteiger partial charge in [-0.05, 0) is 43.9 Å². The van der Waals surface area contributed by atoms with Crippen molar-refractivity contribution in [3.8, 4) is 5.75 Å². The van der Waals surface area contributed by atoms with E-state index in [0.29, 0.717) is 17.7 Å². The molecule has 17 heavy (non-hydrogen) atoms. The van der Waals surface area contributed by atoms with Crippen LogP contribution in [0.15, 0.2) is 22.7 Å². The van der Waals surface area contributed by atoms with Crippen molar-refractivity contribution in [2.45, 2.75) is 25.8 Å². The zero-order chi connectivity index (χ0) is 12.3. The number of ether oxygens (including phenoxy) is 1. The first kappa shape index (κ1) is 13.2. The number of halogens is 2. The van der Waals surface area contributed by atoms with Crippen LogP contribution in [0.1, 0.15) is 19.8 Å². The van der Waals surface area contributed by atoms with E-state index in [4.69, 9.17) is 16.3 Å². The minimum Gasteiger partial charge on any atom is -0.491 e. The van der Waals surface area contributed by atoms with Gasteiger partial charge in [0.15, 0.2) is 0 Å². The van der Waals surface area contributed by atoms with E-state index in [1.54, 1.807) is 0 Å². The van der Waals surface area contributed by atoms with Gasteiger partial charge < -0.3 is 10.1 Å². The Bertz CT molecular complexity index is 382. The second kappa shape index (κ2) is 6.07. The van der Waals surface area contributed by atoms with Crippen molar-refractivity contribution in [1.29, 1.82) is 0 Å². The minimum atomic E-state index is 0.608. The Labute approximate surface area is 116 Å². The van der Waals surface area contributed by atoms with Gasteiger partial charge in [0, 0.05) is 17.1 Å². The summed E-state index contributed by atoms with van der Waals surface area (Å²) in [4.78, 5) is 0. The molecule has 0 amide bonds. The van der Waals surface area contributed by atoms with Gasteiger partial charge in [0.2, 0.25) is 0 Å². The average molecular weight is 319 g/mol. The lowest BCUT2D eigenvalue weighted by Crippen LogP contribution is -2.31. The second-order valence-corrected chi connectivity index (χ2v) is 5.83. The van der Waals surface area contributed by atoms with E-state index in [1.807, 2.05) is 18.2 Å². The van der Waals surface area contributed by atoms with Crippen LogP contribution in [0.2, 0.25) is 5.02 Å². The van der Waals surface area contributed by atoms with Gasteiger partial charge in [-0.2, -0.15) is 0 Å². The van der Waals surface area contributed by atoms with E-state index in [9.17, 15) is 0 Å². The smallest absolute Gasteiger partial charge is 0.139 e. The van der Waals surface area contributed by atoms with Crippen LogP contribution in [0.4, 0.5) is 0 Å². The third-order valence-corrected chi connectivity index (χ3v) is 3.85. The zero-order valence-corrected chi connectivity index (χ0v) is 12.2. The van der Waals surface area contributed by atoms with Gasteiger partial charge in [-0.15, -0.1) is 0 Å². The van der Waals surface area contributed by atoms with Crippen molar-refractivity contribution in [2.75, 3.05) is 13.2 Å². The van der Waals surface area contributed by atoms with E-state index < -0.39 is 0 Å². The van der Waals surface area contributed by atoms with E-state index in [-0.39, 0.29) is 0 Å². The molecule has 0 heterocycles. The number of hydrogen-bond acceptors (Lipinski definition) is 2. The maximum Gasteiger partial charge on any atom is 0.139 e. The highest BCUT2D eigenvalue weighted by atomic mass is 79.9. The van der Waals surface area contributed by atoms with Crippen molar-refractivity contribution >= 4 is 27.5 Å². The number of nitrogens with one attached hydrogen (secondary N) is 1. The van der Waals surface area contributed by atoms with Gasteiger partial charge in [-0.3, -0.25) is 0 Å². The van der Waals surface area contributed by atoms with E-state index >= 15 is 0 Å². The van der Waals surface area contributed by atoms with Gasteiger partial charge in [0.25, 0.3) is 0 Å². The molecule has 4 heteroatoms. The molecular weight excluding hydrogens is 302 g/mol. The van der Waals surface area contributed by atoms with E-state index in [2.05, 4.69) is 28.2 Å². The highest BCUT2D eigenvalue weighted by Gasteiger charge is 2.27. The Morgan fingerprint density at radius 1 is 1.53 bits per heavy atom. The summed E-state index contributed by atoms with van der Waals surface area (Å²) in [7, 11) is 0. The molecule has 94 valence electrons. The van der Waals surface area contributed by atoms with Gasteiger partial charge in [-0.1, -0.05) is 27.5 Å². The van der Waals surface area contributed by atoms with E-state index in [1.165, 1.54) is 12.8 Å². The fourth-order valence-corrected chi connectivity index (χ4v) is 2.31. The van der Waals surface area contributed by atoms with Crippen LogP contribution in [0, 0.1) is 5.92 Å². The molecule has 0 bridgehead atoms. The monoisotopic (exact) mass is 317 g/mol. The van der Waals surface area contributed by atoms with Crippen LogP contribution in [0.5, 0.6) is 5.75 Å². The van der Waals surface area contributed by atoms with Crippen LogP contribution in [-0.2, 0) is 0 Å². The SMILES string of the molecule is CC(NCCOc1cc(Br)ccc1Cl)C1CC1. The lowest BCUT2D eigenvalue weighted by atomic mass is 10.2. The molecule has 1 fully saturated rings. The van der Waals surface area contributed by atoms with Crippen molar-refractivity contribution < 1.29 is 4.74 Å². The Hall–Kier alpha value is -0.250. The summed E-state index contributed by atoms with van der Waals surface area (Å²) in [6, 6.07) is 6.24. The van der Waals surface area contributed by atoms with Gasteiger partial charge >= 0.3 is 0 Å². The summed E-state index contributed by atoms with van der Waals surface area (Å²) < 4.78 is 6.63. The molecule has 1 N–H and O–H groups in total. The first-order chi connectivity index (χ1) is 8.16. The lowest BCUT2D eigenvalue weighted by molar-refractivity contribution is 0.303. The second-order valence-electron chi connectivity index (χ2n) is 4.50. The molecule has 1 unspecified atom stereocenters. The highest BCUT2D eigenvalue weighted by Crippen LogP contribution is 2.32. The number of hydrogen-bond donors (Lipinski definition) is 1. The first-order valence-electron chi connectivity index (χ1n) is 5.98. The van der Waals surface area contributed by atoms with Gasteiger partial charge in [0.1, 0.15) is 12.4 Å². The van der Waals surface area contributed by atoms with Crippen LogP contribution in [0.3, 0.4) is 0 Å². The lowest BCUT2D eigenvalue weighted by Gasteiger charge is -2.13. The van der Waals surface area contributed by atoms with E-state index in [0.717, 1.165) is 22.7 Å². The Balaban J connectivity index is 1.71. The fourth-order valence-electron chi connectivity index (χ4n) is 1.80. The summed E-state index contributed by atoms with van der Waals surface area (Å²) in [5.41, 5.74) is 0. The maximum atomic E-state index is 6.03. The topological polar surface area (TPSA) is 21.3 Å². The average Bonchev–Trinajstić information content (AvgIpc) is 3.12. The van der Waals surface area contributed by atoms with Crippen molar-refractivity contribution in [2.24, 2.45) is 5.92 Å². The number of benzene rings is 1. The van der Waals surface area contributed by atoms with Crippen LogP contribution >= 0.6 is 27.5 Å². The summed E-state index contributed by atoms with van der Waals surface area (Å²) in [5, 5.41) is 4.13. The van der Waals surface area contributed by atoms with Gasteiger partial charge in [-0.25, -0.2) is 0 Å². The third kappa shape index (κ3) is 4.16. The molecule has 0 saturated heterocycles. The Kier molecular flexibility index (Phi) is 4.71. The van der Waals surface area contributed by atoms with Crippen molar-refractivity contribution in [3.63, 3.8) is 0 Å². The Morgan fingerprint density at radius 3 is 3.00 bits per heavy atom. The van der Waals surface area contributed by atoms with Crippen LogP contribution in [-0.4, -0.2) is 19.2 Å². The standard InChI is InChI=1S/C13H17BrClNO/c1-9(10-2-3-10)16-6-7-17-13-8-11(14)4-5-12(13)15/h4-5,8-10,16H,2-3,6-7H2,1H3. The van der Waals surface area contributed by atoms with Crippen molar-refractivity contribution in [1.82, 2.24) is 5.32 Å². The normalized spacial score (nSPS) is 16.9. The molecule has 1 atom stereocenters. The highest BCUT2D eigenvalue weighted by molar-refractivity contribution is 9.10. The Morgan fingerprint density at radius 2 is 2.29 bits per heavy atom. The largest absolute Gasteiger partial charge is 0.491 e. The molecule has 1 aliphatic rings. The summed E-state index contributed by atoms with van der Waals surface area (Å²) >= 11 is 9.43. The summed E-state index contributed by atoms with van der Waals surface area (Å²) in [5.74, 6) is 1.62. The quantitative estimate of drug-likeness (QED) is 0.804. The molecule has 1 aromatic carbocycles. The molecule has 2 nitrogen and oxygen atoms in total. The third-order valence-electron chi connectivity index (χ3n) is 3.05. The fraction of sp³-hybridized carbons (Fsp3) is 0.538. The molecule has 1 aromatic rings. The predicted octanol–water partition coefficient (Wildman–Crippen LogP) is 3.87. The van der Waals surface area contributed by atoms with Crippen LogP contribution in [0.25, 0.3) is 0 Å². The molecule has 2 rings (SSSR count). The molecule has 0 radical (unpaired) electrons.